The number of hydrogen-bond donors (Lipinski definition) is 0. The van der Waals surface area contributed by atoms with Crippen LogP contribution in [0.3, 0.4) is 0 Å². The molecule has 0 atom stereocenters. The fourth-order valence-electron chi connectivity index (χ4n) is 2.35. The third-order valence-corrected chi connectivity index (χ3v) is 4.83. The van der Waals surface area contributed by atoms with Gasteiger partial charge in [0.1, 0.15) is 11.5 Å². The maximum atomic E-state index is 11.9. The normalized spacial score (nSPS) is 17.4. The molecule has 0 saturated heterocycles. The molecule has 94 valence electrons. The van der Waals surface area contributed by atoms with E-state index in [1.54, 1.807) is 6.07 Å². The Hall–Kier alpha value is -1.10. The van der Waals surface area contributed by atoms with Crippen LogP contribution in [0.15, 0.2) is 16.5 Å². The first-order chi connectivity index (χ1) is 8.09. The summed E-state index contributed by atoms with van der Waals surface area (Å²) >= 11 is 0. The molecule has 4 nitrogen and oxygen atoms in total. The number of aldehydes is 1. The van der Waals surface area contributed by atoms with Gasteiger partial charge in [-0.2, -0.15) is 0 Å². The molecular weight excluding hydrogens is 240 g/mol. The average Bonchev–Trinajstić information content (AvgIpc) is 2.88. The molecule has 0 amide bonds. The van der Waals surface area contributed by atoms with Gasteiger partial charge in [-0.3, -0.25) is 4.79 Å². The van der Waals surface area contributed by atoms with Crippen molar-refractivity contribution in [2.45, 2.75) is 31.4 Å². The van der Waals surface area contributed by atoms with E-state index in [1.165, 1.54) is 6.07 Å². The standard InChI is InChI=1S/C12H16O4S/c13-7-11-5-6-12(16-11)9-17(14,15)8-10-3-1-2-4-10/h5-7,10H,1-4,8-9H2. The first-order valence-electron chi connectivity index (χ1n) is 5.83. The van der Waals surface area contributed by atoms with Gasteiger partial charge in [-0.15, -0.1) is 0 Å². The fourth-order valence-corrected chi connectivity index (χ4v) is 4.11. The first kappa shape index (κ1) is 12.4. The predicted molar refractivity (Wildman–Crippen MR) is 63.5 cm³/mol. The Morgan fingerprint density at radius 2 is 2.00 bits per heavy atom. The lowest BCUT2D eigenvalue weighted by molar-refractivity contribution is 0.109. The molecule has 1 saturated carbocycles. The van der Waals surface area contributed by atoms with Crippen molar-refractivity contribution in [3.05, 3.63) is 23.7 Å². The maximum Gasteiger partial charge on any atom is 0.185 e. The Bertz CT molecular complexity index is 480. The van der Waals surface area contributed by atoms with Crippen molar-refractivity contribution in [3.63, 3.8) is 0 Å². The van der Waals surface area contributed by atoms with E-state index in [1.807, 2.05) is 0 Å². The summed E-state index contributed by atoms with van der Waals surface area (Å²) in [6, 6.07) is 3.04. The van der Waals surface area contributed by atoms with Crippen LogP contribution in [-0.2, 0) is 15.6 Å². The number of hydrogen-bond acceptors (Lipinski definition) is 4. The van der Waals surface area contributed by atoms with Crippen LogP contribution in [0, 0.1) is 5.92 Å². The van der Waals surface area contributed by atoms with E-state index >= 15 is 0 Å². The van der Waals surface area contributed by atoms with E-state index in [-0.39, 0.29) is 17.3 Å². The van der Waals surface area contributed by atoms with Gasteiger partial charge < -0.3 is 4.42 Å². The van der Waals surface area contributed by atoms with E-state index in [2.05, 4.69) is 0 Å². The summed E-state index contributed by atoms with van der Waals surface area (Å²) < 4.78 is 28.9. The SMILES string of the molecule is O=Cc1ccc(CS(=O)(=O)CC2CCCC2)o1. The smallest absolute Gasteiger partial charge is 0.185 e. The van der Waals surface area contributed by atoms with Crippen LogP contribution >= 0.6 is 0 Å². The second kappa shape index (κ2) is 5.04. The number of rotatable bonds is 5. The zero-order chi connectivity index (χ0) is 12.3. The highest BCUT2D eigenvalue weighted by atomic mass is 32.2. The molecule has 1 aromatic heterocycles. The molecule has 17 heavy (non-hydrogen) atoms. The summed E-state index contributed by atoms with van der Waals surface area (Å²) in [6.45, 7) is 0. The number of furan rings is 1. The molecule has 2 rings (SSSR count). The van der Waals surface area contributed by atoms with Crippen LogP contribution in [0.4, 0.5) is 0 Å². The van der Waals surface area contributed by atoms with Crippen LogP contribution in [0.1, 0.15) is 42.0 Å². The van der Waals surface area contributed by atoms with Gasteiger partial charge in [0.15, 0.2) is 21.9 Å². The quantitative estimate of drug-likeness (QED) is 0.757. The van der Waals surface area contributed by atoms with Crippen LogP contribution in [0.5, 0.6) is 0 Å². The molecule has 1 aromatic rings. The van der Waals surface area contributed by atoms with Gasteiger partial charge in [-0.25, -0.2) is 8.42 Å². The summed E-state index contributed by atoms with van der Waals surface area (Å²) in [7, 11) is -3.12. The molecular formula is C12H16O4S. The fraction of sp³-hybridized carbons (Fsp3) is 0.583. The third-order valence-electron chi connectivity index (χ3n) is 3.13. The predicted octanol–water partition coefficient (Wildman–Crippen LogP) is 2.20. The monoisotopic (exact) mass is 256 g/mol. The van der Waals surface area contributed by atoms with Gasteiger partial charge in [0.25, 0.3) is 0 Å². The van der Waals surface area contributed by atoms with E-state index in [0.717, 1.165) is 25.7 Å². The van der Waals surface area contributed by atoms with Crippen LogP contribution < -0.4 is 0 Å². The molecule has 0 bridgehead atoms. The highest BCUT2D eigenvalue weighted by Gasteiger charge is 2.23. The lowest BCUT2D eigenvalue weighted by Gasteiger charge is -2.08. The van der Waals surface area contributed by atoms with E-state index in [0.29, 0.717) is 18.0 Å². The van der Waals surface area contributed by atoms with E-state index in [4.69, 9.17) is 4.42 Å². The van der Waals surface area contributed by atoms with Gasteiger partial charge >= 0.3 is 0 Å². The summed E-state index contributed by atoms with van der Waals surface area (Å²) in [5, 5.41) is 0. The van der Waals surface area contributed by atoms with Crippen LogP contribution in [-0.4, -0.2) is 20.5 Å². The van der Waals surface area contributed by atoms with E-state index < -0.39 is 9.84 Å². The lowest BCUT2D eigenvalue weighted by atomic mass is 10.1. The minimum absolute atomic E-state index is 0.0999. The van der Waals surface area contributed by atoms with Crippen molar-refractivity contribution in [1.29, 1.82) is 0 Å². The zero-order valence-corrected chi connectivity index (χ0v) is 10.4. The molecule has 5 heteroatoms. The Labute approximate surface area is 101 Å². The van der Waals surface area contributed by atoms with Crippen molar-refractivity contribution in [1.82, 2.24) is 0 Å². The van der Waals surface area contributed by atoms with Crippen molar-refractivity contribution in [2.75, 3.05) is 5.75 Å². The summed E-state index contributed by atoms with van der Waals surface area (Å²) in [5.41, 5.74) is 0. The largest absolute Gasteiger partial charge is 0.457 e. The Kier molecular flexibility index (Phi) is 3.66. The molecule has 1 fully saturated rings. The van der Waals surface area contributed by atoms with Gasteiger partial charge in [-0.1, -0.05) is 12.8 Å². The molecule has 0 spiro atoms. The Balaban J connectivity index is 1.98. The summed E-state index contributed by atoms with van der Waals surface area (Å²) in [5.74, 6) is 0.975. The van der Waals surface area contributed by atoms with E-state index in [9.17, 15) is 13.2 Å². The molecule has 0 N–H and O–H groups in total. The van der Waals surface area contributed by atoms with Gasteiger partial charge in [0, 0.05) is 0 Å². The highest BCUT2D eigenvalue weighted by Crippen LogP contribution is 2.27. The van der Waals surface area contributed by atoms with Crippen molar-refractivity contribution in [2.24, 2.45) is 5.92 Å². The lowest BCUT2D eigenvalue weighted by Crippen LogP contribution is -2.15. The van der Waals surface area contributed by atoms with Gasteiger partial charge in [-0.05, 0) is 30.9 Å². The molecule has 0 radical (unpaired) electrons. The van der Waals surface area contributed by atoms with Crippen LogP contribution in [0.2, 0.25) is 0 Å². The van der Waals surface area contributed by atoms with Crippen molar-refractivity contribution >= 4 is 16.1 Å². The number of carbonyl (C=O) groups is 1. The minimum Gasteiger partial charge on any atom is -0.457 e. The Morgan fingerprint density at radius 1 is 1.29 bits per heavy atom. The first-order valence-corrected chi connectivity index (χ1v) is 7.65. The number of sulfone groups is 1. The summed E-state index contributed by atoms with van der Waals surface area (Å²) in [6.07, 6.45) is 4.87. The molecule has 0 aliphatic heterocycles. The molecule has 1 aliphatic carbocycles. The molecule has 0 aromatic carbocycles. The topological polar surface area (TPSA) is 64.3 Å². The zero-order valence-electron chi connectivity index (χ0n) is 9.59. The Morgan fingerprint density at radius 3 is 2.59 bits per heavy atom. The van der Waals surface area contributed by atoms with Gasteiger partial charge in [0.05, 0.1) is 5.75 Å². The van der Waals surface area contributed by atoms with Crippen LogP contribution in [0.25, 0.3) is 0 Å². The highest BCUT2D eigenvalue weighted by molar-refractivity contribution is 7.90. The third kappa shape index (κ3) is 3.43. The van der Waals surface area contributed by atoms with Gasteiger partial charge in [0.2, 0.25) is 0 Å². The number of carbonyl (C=O) groups excluding carboxylic acids is 1. The maximum absolute atomic E-state index is 11.9. The second-order valence-electron chi connectivity index (χ2n) is 4.63. The molecule has 1 heterocycles. The minimum atomic E-state index is -3.12. The van der Waals surface area contributed by atoms with Crippen molar-refractivity contribution in [3.8, 4) is 0 Å². The molecule has 0 unspecified atom stereocenters. The molecule has 1 aliphatic rings. The summed E-state index contributed by atoms with van der Waals surface area (Å²) in [4.78, 5) is 10.4. The second-order valence-corrected chi connectivity index (χ2v) is 6.74. The average molecular weight is 256 g/mol. The van der Waals surface area contributed by atoms with Crippen molar-refractivity contribution < 1.29 is 17.6 Å².